The van der Waals surface area contributed by atoms with Gasteiger partial charge in [0.1, 0.15) is 5.69 Å². The summed E-state index contributed by atoms with van der Waals surface area (Å²) < 4.78 is 3.55. The molecule has 26 heavy (non-hydrogen) atoms. The quantitative estimate of drug-likeness (QED) is 0.777. The van der Waals surface area contributed by atoms with Gasteiger partial charge in [-0.15, -0.1) is 0 Å². The normalized spacial score (nSPS) is 24.0. The highest BCUT2D eigenvalue weighted by atomic mass is 16.2. The highest BCUT2D eigenvalue weighted by molar-refractivity contribution is 5.96. The van der Waals surface area contributed by atoms with Gasteiger partial charge in [0.25, 0.3) is 5.91 Å². The van der Waals surface area contributed by atoms with E-state index in [2.05, 4.69) is 10.00 Å². The summed E-state index contributed by atoms with van der Waals surface area (Å²) in [4.78, 5) is 31.3. The number of carbonyl (C=O) groups excluding carboxylic acids is 2. The zero-order valence-electron chi connectivity index (χ0n) is 15.4. The van der Waals surface area contributed by atoms with Crippen molar-refractivity contribution in [2.24, 2.45) is 14.1 Å². The summed E-state index contributed by atoms with van der Waals surface area (Å²) in [5.41, 5.74) is 1.29. The lowest BCUT2D eigenvalue weighted by Crippen LogP contribution is -2.64. The van der Waals surface area contributed by atoms with Crippen LogP contribution < -0.4 is 4.90 Å². The van der Waals surface area contributed by atoms with Crippen LogP contribution in [0.5, 0.6) is 0 Å². The molecule has 8 heteroatoms. The predicted molar refractivity (Wildman–Crippen MR) is 96.9 cm³/mol. The number of likely N-dealkylation sites (tertiary alicyclic amines) is 1. The Hall–Kier alpha value is -2.61. The summed E-state index contributed by atoms with van der Waals surface area (Å²) >= 11 is 0. The Morgan fingerprint density at radius 3 is 2.69 bits per heavy atom. The van der Waals surface area contributed by atoms with Gasteiger partial charge in [0.2, 0.25) is 5.91 Å². The maximum atomic E-state index is 12.9. The van der Waals surface area contributed by atoms with Crippen LogP contribution in [0.3, 0.4) is 0 Å². The molecular weight excluding hydrogens is 332 g/mol. The average molecular weight is 356 g/mol. The molecule has 0 saturated carbocycles. The fraction of sp³-hybridized carbons (Fsp3) is 0.500. The molecule has 0 bridgehead atoms. The molecule has 2 aromatic rings. The molecule has 0 unspecified atom stereocenters. The van der Waals surface area contributed by atoms with Crippen LogP contribution in [-0.4, -0.2) is 74.7 Å². The molecule has 0 aliphatic carbocycles. The number of anilines is 1. The molecule has 4 heterocycles. The van der Waals surface area contributed by atoms with Crippen molar-refractivity contribution in [3.8, 4) is 0 Å². The van der Waals surface area contributed by atoms with E-state index in [1.165, 1.54) is 0 Å². The Kier molecular flexibility index (Phi) is 3.87. The van der Waals surface area contributed by atoms with Crippen molar-refractivity contribution in [2.45, 2.75) is 12.0 Å². The lowest BCUT2D eigenvalue weighted by molar-refractivity contribution is -0.123. The van der Waals surface area contributed by atoms with Crippen LogP contribution in [0.1, 0.15) is 16.9 Å². The number of hydrogen-bond acceptors (Lipinski definition) is 4. The van der Waals surface area contributed by atoms with Gasteiger partial charge in [0, 0.05) is 46.1 Å². The first-order valence-electron chi connectivity index (χ1n) is 8.80. The van der Waals surface area contributed by atoms with Gasteiger partial charge in [0.05, 0.1) is 24.0 Å². The Bertz CT molecular complexity index is 855. The molecular formula is C18H24N6O2. The highest BCUT2D eigenvalue weighted by Gasteiger charge is 2.49. The second kappa shape index (κ2) is 5.98. The Balaban J connectivity index is 1.57. The van der Waals surface area contributed by atoms with Crippen molar-refractivity contribution >= 4 is 17.5 Å². The van der Waals surface area contributed by atoms with E-state index in [9.17, 15) is 9.59 Å². The summed E-state index contributed by atoms with van der Waals surface area (Å²) in [5, 5.41) is 4.19. The predicted octanol–water partition coefficient (Wildman–Crippen LogP) is 0.322. The molecule has 4 rings (SSSR count). The van der Waals surface area contributed by atoms with E-state index in [4.69, 9.17) is 0 Å². The van der Waals surface area contributed by atoms with Gasteiger partial charge in [-0.25, -0.2) is 0 Å². The van der Waals surface area contributed by atoms with Crippen LogP contribution >= 0.6 is 0 Å². The molecule has 1 atom stereocenters. The maximum Gasteiger partial charge on any atom is 0.270 e. The molecule has 8 nitrogen and oxygen atoms in total. The van der Waals surface area contributed by atoms with Gasteiger partial charge >= 0.3 is 0 Å². The molecule has 2 fully saturated rings. The van der Waals surface area contributed by atoms with E-state index in [0.29, 0.717) is 31.9 Å². The van der Waals surface area contributed by atoms with E-state index >= 15 is 0 Å². The average Bonchev–Trinajstić information content (AvgIpc) is 3.31. The molecule has 0 radical (unpaired) electrons. The van der Waals surface area contributed by atoms with E-state index < -0.39 is 0 Å². The van der Waals surface area contributed by atoms with E-state index in [-0.39, 0.29) is 17.4 Å². The zero-order valence-corrected chi connectivity index (χ0v) is 15.4. The SMILES string of the molecule is CN1CC(=O)N(c2cnn(C)c2)C[C@@]12CCN(C(=O)c1cccn1C)C2. The third-order valence-electron chi connectivity index (χ3n) is 5.72. The number of carbonyl (C=O) groups is 2. The molecule has 138 valence electrons. The first-order valence-corrected chi connectivity index (χ1v) is 8.80. The molecule has 0 aromatic carbocycles. The topological polar surface area (TPSA) is 66.6 Å². The Morgan fingerprint density at radius 2 is 2.04 bits per heavy atom. The van der Waals surface area contributed by atoms with Crippen molar-refractivity contribution in [3.63, 3.8) is 0 Å². The summed E-state index contributed by atoms with van der Waals surface area (Å²) in [6.07, 6.45) is 6.32. The van der Waals surface area contributed by atoms with E-state index in [1.807, 2.05) is 60.0 Å². The van der Waals surface area contributed by atoms with Crippen LogP contribution in [0.15, 0.2) is 30.7 Å². The van der Waals surface area contributed by atoms with Crippen LogP contribution in [0.4, 0.5) is 5.69 Å². The third-order valence-corrected chi connectivity index (χ3v) is 5.72. The van der Waals surface area contributed by atoms with Crippen molar-refractivity contribution in [1.82, 2.24) is 24.1 Å². The molecule has 2 amide bonds. The maximum absolute atomic E-state index is 12.9. The lowest BCUT2D eigenvalue weighted by atomic mass is 9.93. The van der Waals surface area contributed by atoms with Gasteiger partial charge in [0.15, 0.2) is 0 Å². The van der Waals surface area contributed by atoms with Gasteiger partial charge in [-0.2, -0.15) is 5.10 Å². The number of amides is 2. The standard InChI is InChI=1S/C18H24N6O2/c1-20-7-4-5-15(20)17(26)23-8-6-18(12-23)13-24(16(25)11-21(18)2)14-9-19-22(3)10-14/h4-5,7,9-10H,6,8,11-13H2,1-3H3/t18-/m0/s1. The minimum absolute atomic E-state index is 0.0487. The first-order chi connectivity index (χ1) is 12.4. The molecule has 2 saturated heterocycles. The van der Waals surface area contributed by atoms with Gasteiger partial charge in [-0.3, -0.25) is 19.2 Å². The summed E-state index contributed by atoms with van der Waals surface area (Å²) in [6, 6.07) is 3.73. The monoisotopic (exact) mass is 356 g/mol. The number of rotatable bonds is 2. The van der Waals surface area contributed by atoms with Crippen LogP contribution in [0.2, 0.25) is 0 Å². The Morgan fingerprint density at radius 1 is 1.23 bits per heavy atom. The fourth-order valence-electron chi connectivity index (χ4n) is 4.06. The molecule has 0 N–H and O–H groups in total. The first kappa shape index (κ1) is 16.8. The molecule has 2 aliphatic heterocycles. The van der Waals surface area contributed by atoms with Crippen molar-refractivity contribution in [2.75, 3.05) is 38.1 Å². The summed E-state index contributed by atoms with van der Waals surface area (Å²) in [7, 11) is 5.71. The van der Waals surface area contributed by atoms with Crippen LogP contribution in [0, 0.1) is 0 Å². The smallest absolute Gasteiger partial charge is 0.270 e. The second-order valence-electron chi connectivity index (χ2n) is 7.41. The van der Waals surface area contributed by atoms with Crippen molar-refractivity contribution in [1.29, 1.82) is 0 Å². The fourth-order valence-corrected chi connectivity index (χ4v) is 4.06. The highest BCUT2D eigenvalue weighted by Crippen LogP contribution is 2.33. The molecule has 2 aromatic heterocycles. The Labute approximate surface area is 152 Å². The van der Waals surface area contributed by atoms with Gasteiger partial charge in [-0.05, 0) is 25.6 Å². The largest absolute Gasteiger partial charge is 0.347 e. The minimum atomic E-state index is -0.218. The number of nitrogens with zero attached hydrogens (tertiary/aromatic N) is 6. The summed E-state index contributed by atoms with van der Waals surface area (Å²) in [6.45, 7) is 2.24. The molecule has 2 aliphatic rings. The number of aromatic nitrogens is 3. The van der Waals surface area contributed by atoms with Crippen LogP contribution in [-0.2, 0) is 18.9 Å². The lowest BCUT2D eigenvalue weighted by Gasteiger charge is -2.46. The van der Waals surface area contributed by atoms with E-state index in [0.717, 1.165) is 12.1 Å². The number of piperazine rings is 1. The van der Waals surface area contributed by atoms with Gasteiger partial charge in [-0.1, -0.05) is 0 Å². The van der Waals surface area contributed by atoms with Crippen LogP contribution in [0.25, 0.3) is 0 Å². The molecule has 1 spiro atoms. The number of likely N-dealkylation sites (N-methyl/N-ethyl adjacent to an activating group) is 1. The summed E-state index contributed by atoms with van der Waals surface area (Å²) in [5.74, 6) is 0.117. The van der Waals surface area contributed by atoms with Crippen molar-refractivity contribution in [3.05, 3.63) is 36.4 Å². The van der Waals surface area contributed by atoms with Gasteiger partial charge < -0.3 is 14.4 Å². The van der Waals surface area contributed by atoms with E-state index in [1.54, 1.807) is 10.9 Å². The number of hydrogen-bond donors (Lipinski definition) is 0. The second-order valence-corrected chi connectivity index (χ2v) is 7.41. The number of aryl methyl sites for hydroxylation is 2. The van der Waals surface area contributed by atoms with Crippen molar-refractivity contribution < 1.29 is 9.59 Å². The zero-order chi connectivity index (χ0) is 18.5. The minimum Gasteiger partial charge on any atom is -0.347 e. The third kappa shape index (κ3) is 2.61.